The van der Waals surface area contributed by atoms with Crippen LogP contribution in [0.3, 0.4) is 0 Å². The molecule has 0 bridgehead atoms. The van der Waals surface area contributed by atoms with Crippen LogP contribution in [-0.2, 0) is 7.05 Å². The second-order valence-corrected chi connectivity index (χ2v) is 9.66. The highest BCUT2D eigenvalue weighted by Gasteiger charge is 2.29. The van der Waals surface area contributed by atoms with Crippen LogP contribution in [0.25, 0.3) is 61.6 Å². The molecule has 0 spiro atoms. The Balaban J connectivity index is 1.74. The van der Waals surface area contributed by atoms with Crippen LogP contribution in [-0.4, -0.2) is 9.55 Å². The van der Waals surface area contributed by atoms with Crippen molar-refractivity contribution in [2.75, 3.05) is 0 Å². The molecule has 4 aromatic carbocycles. The smallest absolute Gasteiger partial charge is 0.239 e. The summed E-state index contributed by atoms with van der Waals surface area (Å²) < 4.78 is 4.63. The largest absolute Gasteiger partial charge is 0.286 e. The maximum absolute atomic E-state index is 5.30. The molecule has 1 aliphatic rings. The topological polar surface area (TPSA) is 21.7 Å². The summed E-state index contributed by atoms with van der Waals surface area (Å²) in [5.41, 5.74) is 14.3. The number of rotatable bonds is 1. The lowest BCUT2D eigenvalue weighted by Gasteiger charge is -2.23. The van der Waals surface area contributed by atoms with Gasteiger partial charge in [0.1, 0.15) is 23.9 Å². The van der Waals surface area contributed by atoms with E-state index in [2.05, 4.69) is 133 Å². The van der Waals surface area contributed by atoms with Crippen LogP contribution in [0.4, 0.5) is 0 Å². The van der Waals surface area contributed by atoms with Gasteiger partial charge in [0.2, 0.25) is 5.69 Å². The molecule has 6 aromatic rings. The van der Waals surface area contributed by atoms with E-state index in [0.29, 0.717) is 0 Å². The van der Waals surface area contributed by atoms with E-state index < -0.39 is 0 Å². The molecule has 0 amide bonds. The third kappa shape index (κ3) is 2.86. The zero-order valence-corrected chi connectivity index (χ0v) is 20.7. The van der Waals surface area contributed by atoms with Crippen molar-refractivity contribution in [2.45, 2.75) is 13.8 Å². The van der Waals surface area contributed by atoms with Crippen LogP contribution >= 0.6 is 0 Å². The molecule has 1 aliphatic heterocycles. The molecule has 3 nitrogen and oxygen atoms in total. The summed E-state index contributed by atoms with van der Waals surface area (Å²) in [6.45, 7) is 4.40. The van der Waals surface area contributed by atoms with Crippen molar-refractivity contribution in [3.05, 3.63) is 114 Å². The van der Waals surface area contributed by atoms with E-state index >= 15 is 0 Å². The molecule has 3 heteroatoms. The van der Waals surface area contributed by atoms with E-state index in [1.165, 1.54) is 44.6 Å². The Morgan fingerprint density at radius 2 is 1.22 bits per heavy atom. The van der Waals surface area contributed by atoms with Gasteiger partial charge in [0.25, 0.3) is 0 Å². The number of aryl methyl sites for hydroxylation is 3. The van der Waals surface area contributed by atoms with E-state index in [-0.39, 0.29) is 0 Å². The molecule has 36 heavy (non-hydrogen) atoms. The van der Waals surface area contributed by atoms with Gasteiger partial charge in [-0.2, -0.15) is 4.57 Å². The van der Waals surface area contributed by atoms with Gasteiger partial charge in [-0.05, 0) is 53.8 Å². The predicted molar refractivity (Wildman–Crippen MR) is 147 cm³/mol. The lowest BCUT2D eigenvalue weighted by Crippen LogP contribution is -2.31. The molecule has 0 atom stereocenters. The van der Waals surface area contributed by atoms with Gasteiger partial charge in [0.05, 0.1) is 11.3 Å². The average molecular weight is 465 g/mol. The van der Waals surface area contributed by atoms with Crippen molar-refractivity contribution in [2.24, 2.45) is 7.05 Å². The fourth-order valence-corrected chi connectivity index (χ4v) is 5.81. The molecule has 0 aliphatic carbocycles. The van der Waals surface area contributed by atoms with Crippen molar-refractivity contribution >= 4 is 11.0 Å². The second kappa shape index (κ2) is 7.76. The van der Waals surface area contributed by atoms with Crippen molar-refractivity contribution in [3.63, 3.8) is 0 Å². The number of nitrogens with zero attached hydrogens (tertiary/aromatic N) is 3. The molecule has 2 aromatic heterocycles. The number of aromatic nitrogens is 3. The summed E-state index contributed by atoms with van der Waals surface area (Å²) in [6.07, 6.45) is 2.13. The Labute approximate surface area is 210 Å². The molecule has 172 valence electrons. The zero-order chi connectivity index (χ0) is 24.4. The Hall–Kier alpha value is -4.50. The molecule has 0 N–H and O–H groups in total. The van der Waals surface area contributed by atoms with E-state index in [1.54, 1.807) is 0 Å². The fourth-order valence-electron chi connectivity index (χ4n) is 5.81. The molecule has 0 unspecified atom stereocenters. The van der Waals surface area contributed by atoms with Gasteiger partial charge in [-0.15, -0.1) is 0 Å². The maximum atomic E-state index is 5.30. The Kier molecular flexibility index (Phi) is 4.49. The fraction of sp³-hybridized carbons (Fsp3) is 0.0909. The first-order chi connectivity index (χ1) is 17.6. The van der Waals surface area contributed by atoms with Gasteiger partial charge < -0.3 is 0 Å². The summed E-state index contributed by atoms with van der Waals surface area (Å²) >= 11 is 0. The van der Waals surface area contributed by atoms with Gasteiger partial charge in [-0.25, -0.2) is 4.98 Å². The Morgan fingerprint density at radius 1 is 0.611 bits per heavy atom. The van der Waals surface area contributed by atoms with Gasteiger partial charge in [-0.1, -0.05) is 78.9 Å². The maximum Gasteiger partial charge on any atom is 0.239 e. The lowest BCUT2D eigenvalue weighted by molar-refractivity contribution is -0.659. The molecule has 0 saturated heterocycles. The van der Waals surface area contributed by atoms with E-state index in [1.807, 2.05) is 0 Å². The first-order valence-corrected chi connectivity index (χ1v) is 12.4. The molecule has 0 radical (unpaired) electrons. The number of hydrogen-bond acceptors (Lipinski definition) is 1. The van der Waals surface area contributed by atoms with Crippen LogP contribution in [0.1, 0.15) is 11.1 Å². The van der Waals surface area contributed by atoms with Gasteiger partial charge in [0, 0.05) is 17.2 Å². The normalized spacial score (nSPS) is 11.8. The Bertz CT molecular complexity index is 1820. The number of imidazole rings is 1. The minimum absolute atomic E-state index is 0.975. The van der Waals surface area contributed by atoms with Crippen LogP contribution in [0.2, 0.25) is 0 Å². The van der Waals surface area contributed by atoms with Gasteiger partial charge >= 0.3 is 0 Å². The quantitative estimate of drug-likeness (QED) is 0.231. The third-order valence-corrected chi connectivity index (χ3v) is 7.48. The summed E-state index contributed by atoms with van der Waals surface area (Å²) in [5.74, 6) is 0.975. The van der Waals surface area contributed by atoms with Crippen LogP contribution in [0.5, 0.6) is 0 Å². The SMILES string of the molecule is Cc1ccccc1-c1c2c(cc[n+]1C)nc1n2-c2cccc(C)c2-c2ccccc2-c2ccccc2-1. The molecule has 0 saturated carbocycles. The summed E-state index contributed by atoms with van der Waals surface area (Å²) in [7, 11) is 2.13. The minimum atomic E-state index is 0.975. The minimum Gasteiger partial charge on any atom is -0.286 e. The van der Waals surface area contributed by atoms with E-state index in [9.17, 15) is 0 Å². The first kappa shape index (κ1) is 20.8. The molecular formula is C33H26N3+. The van der Waals surface area contributed by atoms with E-state index in [0.717, 1.165) is 28.1 Å². The Morgan fingerprint density at radius 3 is 1.97 bits per heavy atom. The number of hydrogen-bond donors (Lipinski definition) is 0. The highest BCUT2D eigenvalue weighted by atomic mass is 15.1. The first-order valence-electron chi connectivity index (χ1n) is 12.4. The number of fused-ring (bicyclic) bond motifs is 10. The summed E-state index contributed by atoms with van der Waals surface area (Å²) in [6, 6.07) is 34.8. The van der Waals surface area contributed by atoms with Crippen LogP contribution in [0, 0.1) is 13.8 Å². The van der Waals surface area contributed by atoms with E-state index in [4.69, 9.17) is 4.98 Å². The molecular weight excluding hydrogens is 438 g/mol. The molecule has 0 fully saturated rings. The number of benzene rings is 4. The van der Waals surface area contributed by atoms with Gasteiger partial charge in [-0.3, -0.25) is 4.57 Å². The van der Waals surface area contributed by atoms with Crippen molar-refractivity contribution < 1.29 is 4.57 Å². The third-order valence-electron chi connectivity index (χ3n) is 7.48. The molecule has 3 heterocycles. The average Bonchev–Trinajstić information content (AvgIpc) is 3.27. The van der Waals surface area contributed by atoms with Crippen molar-refractivity contribution in [1.82, 2.24) is 9.55 Å². The van der Waals surface area contributed by atoms with Crippen molar-refractivity contribution in [3.8, 4) is 50.6 Å². The lowest BCUT2D eigenvalue weighted by atomic mass is 9.87. The highest BCUT2D eigenvalue weighted by Crippen LogP contribution is 2.46. The highest BCUT2D eigenvalue weighted by molar-refractivity contribution is 6.00. The molecule has 7 rings (SSSR count). The predicted octanol–water partition coefficient (Wildman–Crippen LogP) is 7.45. The van der Waals surface area contributed by atoms with Gasteiger partial charge in [0.15, 0.2) is 6.20 Å². The summed E-state index contributed by atoms with van der Waals surface area (Å²) in [5, 5.41) is 0. The van der Waals surface area contributed by atoms with Crippen LogP contribution in [0.15, 0.2) is 103 Å². The monoisotopic (exact) mass is 464 g/mol. The standard InChI is InChI=1S/C33H26N3/c1-21-11-4-5-13-23(21)31-32-28(19-20-35(31)3)34-33-27-17-9-7-15-25(27)24-14-6-8-16-26(24)30-22(2)12-10-18-29(30)36(32)33/h4-20H,1-3H3/q+1. The number of pyridine rings is 1. The zero-order valence-electron chi connectivity index (χ0n) is 20.7. The van der Waals surface area contributed by atoms with Crippen LogP contribution < -0.4 is 4.57 Å². The summed E-state index contributed by atoms with van der Waals surface area (Å²) in [4.78, 5) is 5.30. The van der Waals surface area contributed by atoms with Crippen molar-refractivity contribution in [1.29, 1.82) is 0 Å². The second-order valence-electron chi connectivity index (χ2n) is 9.66.